The van der Waals surface area contributed by atoms with Crippen molar-refractivity contribution in [2.75, 3.05) is 11.9 Å². The van der Waals surface area contributed by atoms with Crippen molar-refractivity contribution < 1.29 is 9.72 Å². The quantitative estimate of drug-likeness (QED) is 0.532. The SMILES string of the molecule is NC(=O)CCNc1nc2ccc([N+](=O)[O-])cc2[nH]1. The Kier molecular flexibility index (Phi) is 3.09. The molecule has 1 amide bonds. The van der Waals surface area contributed by atoms with E-state index in [9.17, 15) is 14.9 Å². The van der Waals surface area contributed by atoms with Gasteiger partial charge >= 0.3 is 0 Å². The van der Waals surface area contributed by atoms with Crippen LogP contribution in [0.5, 0.6) is 0 Å². The standard InChI is InChI=1S/C10H11N5O3/c11-9(16)3-4-12-10-13-7-2-1-6(15(17)18)5-8(7)14-10/h1-2,5H,3-4H2,(H2,11,16)(H2,12,13,14). The van der Waals surface area contributed by atoms with Crippen LogP contribution in [0.3, 0.4) is 0 Å². The molecule has 0 saturated carbocycles. The molecule has 94 valence electrons. The van der Waals surface area contributed by atoms with E-state index in [-0.39, 0.29) is 12.1 Å². The largest absolute Gasteiger partial charge is 0.370 e. The normalized spacial score (nSPS) is 10.4. The van der Waals surface area contributed by atoms with Gasteiger partial charge < -0.3 is 16.0 Å². The molecule has 18 heavy (non-hydrogen) atoms. The molecule has 1 aromatic carbocycles. The number of H-pyrrole nitrogens is 1. The first-order valence-electron chi connectivity index (χ1n) is 5.22. The molecule has 0 atom stereocenters. The van der Waals surface area contributed by atoms with Crippen molar-refractivity contribution in [2.45, 2.75) is 6.42 Å². The van der Waals surface area contributed by atoms with E-state index in [1.165, 1.54) is 12.1 Å². The van der Waals surface area contributed by atoms with Gasteiger partial charge in [-0.3, -0.25) is 14.9 Å². The lowest BCUT2D eigenvalue weighted by atomic mass is 10.3. The summed E-state index contributed by atoms with van der Waals surface area (Å²) in [7, 11) is 0. The average Bonchev–Trinajstić information content (AvgIpc) is 2.69. The number of nitro benzene ring substituents is 1. The number of non-ortho nitro benzene ring substituents is 1. The van der Waals surface area contributed by atoms with Crippen molar-refractivity contribution in [3.05, 3.63) is 28.3 Å². The summed E-state index contributed by atoms with van der Waals surface area (Å²) in [5, 5.41) is 13.5. The Morgan fingerprint density at radius 3 is 3.00 bits per heavy atom. The number of primary amides is 1. The lowest BCUT2D eigenvalue weighted by Crippen LogP contribution is -2.16. The maximum absolute atomic E-state index is 10.6. The third-order valence-corrected chi connectivity index (χ3v) is 2.34. The number of nitro groups is 1. The highest BCUT2D eigenvalue weighted by molar-refractivity contribution is 5.80. The molecule has 2 aromatic rings. The number of carbonyl (C=O) groups is 1. The van der Waals surface area contributed by atoms with Crippen LogP contribution >= 0.6 is 0 Å². The second-order valence-corrected chi connectivity index (χ2v) is 3.69. The summed E-state index contributed by atoms with van der Waals surface area (Å²) in [5.41, 5.74) is 6.17. The second-order valence-electron chi connectivity index (χ2n) is 3.69. The van der Waals surface area contributed by atoms with Gasteiger partial charge in [0.05, 0.1) is 16.0 Å². The maximum atomic E-state index is 10.6. The number of imidazole rings is 1. The minimum absolute atomic E-state index is 0.00478. The molecule has 0 unspecified atom stereocenters. The highest BCUT2D eigenvalue weighted by atomic mass is 16.6. The average molecular weight is 249 g/mol. The van der Waals surface area contributed by atoms with Gasteiger partial charge in [0, 0.05) is 25.1 Å². The summed E-state index contributed by atoms with van der Waals surface area (Å²) in [6.07, 6.45) is 0.192. The number of nitrogens with one attached hydrogen (secondary N) is 2. The molecule has 0 bridgehead atoms. The van der Waals surface area contributed by atoms with Crippen LogP contribution in [0.1, 0.15) is 6.42 Å². The maximum Gasteiger partial charge on any atom is 0.271 e. The van der Waals surface area contributed by atoms with Crippen LogP contribution in [0.25, 0.3) is 11.0 Å². The molecule has 0 saturated heterocycles. The molecule has 8 heteroatoms. The number of fused-ring (bicyclic) bond motifs is 1. The van der Waals surface area contributed by atoms with Crippen molar-refractivity contribution in [3.8, 4) is 0 Å². The number of hydrogen-bond donors (Lipinski definition) is 3. The minimum Gasteiger partial charge on any atom is -0.370 e. The summed E-state index contributed by atoms with van der Waals surface area (Å²) in [6, 6.07) is 4.35. The first kappa shape index (κ1) is 11.8. The van der Waals surface area contributed by atoms with Crippen LogP contribution in [-0.4, -0.2) is 27.3 Å². The topological polar surface area (TPSA) is 127 Å². The molecular formula is C10H11N5O3. The molecule has 1 aromatic heterocycles. The predicted molar refractivity (Wildman–Crippen MR) is 65.0 cm³/mol. The van der Waals surface area contributed by atoms with Crippen molar-refractivity contribution in [2.24, 2.45) is 5.73 Å². The fourth-order valence-electron chi connectivity index (χ4n) is 1.50. The Morgan fingerprint density at radius 1 is 1.56 bits per heavy atom. The number of rotatable bonds is 5. The fraction of sp³-hybridized carbons (Fsp3) is 0.200. The number of nitrogens with two attached hydrogens (primary N) is 1. The van der Waals surface area contributed by atoms with Crippen LogP contribution in [0.4, 0.5) is 11.6 Å². The second kappa shape index (κ2) is 4.70. The fourth-order valence-corrected chi connectivity index (χ4v) is 1.50. The Balaban J connectivity index is 2.16. The Morgan fingerprint density at radius 2 is 2.33 bits per heavy atom. The number of carbonyl (C=O) groups excluding carboxylic acids is 1. The molecule has 0 aliphatic heterocycles. The molecule has 0 fully saturated rings. The van der Waals surface area contributed by atoms with E-state index in [4.69, 9.17) is 5.73 Å². The van der Waals surface area contributed by atoms with E-state index in [1.54, 1.807) is 6.07 Å². The van der Waals surface area contributed by atoms with Gasteiger partial charge in [0.1, 0.15) is 0 Å². The number of anilines is 1. The van der Waals surface area contributed by atoms with Gasteiger partial charge in [-0.05, 0) is 6.07 Å². The smallest absolute Gasteiger partial charge is 0.271 e. The molecule has 1 heterocycles. The first-order chi connectivity index (χ1) is 8.56. The zero-order chi connectivity index (χ0) is 13.1. The number of amides is 1. The number of nitrogens with zero attached hydrogens (tertiary/aromatic N) is 2. The van der Waals surface area contributed by atoms with Gasteiger partial charge in [-0.2, -0.15) is 0 Å². The van der Waals surface area contributed by atoms with Crippen molar-refractivity contribution in [1.82, 2.24) is 9.97 Å². The monoisotopic (exact) mass is 249 g/mol. The van der Waals surface area contributed by atoms with Gasteiger partial charge in [-0.25, -0.2) is 4.98 Å². The van der Waals surface area contributed by atoms with Gasteiger partial charge in [0.2, 0.25) is 11.9 Å². The summed E-state index contributed by atoms with van der Waals surface area (Å²) < 4.78 is 0. The molecule has 2 rings (SSSR count). The summed E-state index contributed by atoms with van der Waals surface area (Å²) in [5.74, 6) is 0.0426. The van der Waals surface area contributed by atoms with Crippen LogP contribution in [0.15, 0.2) is 18.2 Å². The van der Waals surface area contributed by atoms with Crippen molar-refractivity contribution in [1.29, 1.82) is 0 Å². The van der Waals surface area contributed by atoms with Gasteiger partial charge in [-0.1, -0.05) is 0 Å². The number of aromatic amines is 1. The Bertz CT molecular complexity index is 607. The summed E-state index contributed by atoms with van der Waals surface area (Å²) >= 11 is 0. The lowest BCUT2D eigenvalue weighted by Gasteiger charge is -1.98. The molecule has 8 nitrogen and oxygen atoms in total. The summed E-state index contributed by atoms with van der Waals surface area (Å²) in [4.78, 5) is 27.7. The number of hydrogen-bond acceptors (Lipinski definition) is 5. The third-order valence-electron chi connectivity index (χ3n) is 2.34. The molecule has 0 spiro atoms. The van der Waals surface area contributed by atoms with Crippen molar-refractivity contribution in [3.63, 3.8) is 0 Å². The van der Waals surface area contributed by atoms with E-state index in [0.29, 0.717) is 23.5 Å². The first-order valence-corrected chi connectivity index (χ1v) is 5.22. The van der Waals surface area contributed by atoms with Crippen LogP contribution in [0, 0.1) is 10.1 Å². The molecule has 0 aliphatic carbocycles. The Hall–Kier alpha value is -2.64. The van der Waals surface area contributed by atoms with E-state index in [0.717, 1.165) is 0 Å². The van der Waals surface area contributed by atoms with E-state index < -0.39 is 10.8 Å². The molecule has 4 N–H and O–H groups in total. The van der Waals surface area contributed by atoms with Crippen LogP contribution < -0.4 is 11.1 Å². The zero-order valence-corrected chi connectivity index (χ0v) is 9.34. The Labute approximate surface area is 101 Å². The highest BCUT2D eigenvalue weighted by Gasteiger charge is 2.09. The summed E-state index contributed by atoms with van der Waals surface area (Å²) in [6.45, 7) is 0.358. The van der Waals surface area contributed by atoms with E-state index in [2.05, 4.69) is 15.3 Å². The minimum atomic E-state index is -0.472. The van der Waals surface area contributed by atoms with Gasteiger partial charge in [0.25, 0.3) is 5.69 Å². The van der Waals surface area contributed by atoms with E-state index in [1.807, 2.05) is 0 Å². The molecular weight excluding hydrogens is 238 g/mol. The van der Waals surface area contributed by atoms with E-state index >= 15 is 0 Å². The van der Waals surface area contributed by atoms with Gasteiger partial charge in [-0.15, -0.1) is 0 Å². The predicted octanol–water partition coefficient (Wildman–Crippen LogP) is 0.758. The molecule has 0 radical (unpaired) electrons. The third kappa shape index (κ3) is 2.54. The number of benzene rings is 1. The van der Waals surface area contributed by atoms with Crippen LogP contribution in [-0.2, 0) is 4.79 Å². The van der Waals surface area contributed by atoms with Crippen LogP contribution in [0.2, 0.25) is 0 Å². The zero-order valence-electron chi connectivity index (χ0n) is 9.34. The van der Waals surface area contributed by atoms with Crippen molar-refractivity contribution >= 4 is 28.6 Å². The lowest BCUT2D eigenvalue weighted by molar-refractivity contribution is -0.384. The van der Waals surface area contributed by atoms with Gasteiger partial charge in [0.15, 0.2) is 0 Å². The number of aromatic nitrogens is 2. The highest BCUT2D eigenvalue weighted by Crippen LogP contribution is 2.20. The molecule has 0 aliphatic rings.